The number of halogens is 1. The molecule has 1 spiro atoms. The van der Waals surface area contributed by atoms with Crippen molar-refractivity contribution in [1.29, 1.82) is 0 Å². The number of fused-ring (bicyclic) bond motifs is 2. The fraction of sp³-hybridized carbons (Fsp3) is 0.483. The molecule has 5 nitrogen and oxygen atoms in total. The second kappa shape index (κ2) is 10.2. The van der Waals surface area contributed by atoms with E-state index in [1.165, 1.54) is 23.8 Å². The fourth-order valence-corrected chi connectivity index (χ4v) is 6.05. The van der Waals surface area contributed by atoms with Crippen LogP contribution in [0.5, 0.6) is 5.75 Å². The third-order valence-electron chi connectivity index (χ3n) is 7.73. The van der Waals surface area contributed by atoms with Crippen molar-refractivity contribution >= 4 is 29.3 Å². The summed E-state index contributed by atoms with van der Waals surface area (Å²) in [6.45, 7) is 6.93. The van der Waals surface area contributed by atoms with E-state index in [9.17, 15) is 9.90 Å². The van der Waals surface area contributed by atoms with Crippen molar-refractivity contribution in [3.63, 3.8) is 0 Å². The van der Waals surface area contributed by atoms with E-state index in [4.69, 9.17) is 21.1 Å². The van der Waals surface area contributed by atoms with E-state index in [1.54, 1.807) is 0 Å². The number of esters is 1. The zero-order valence-electron chi connectivity index (χ0n) is 21.1. The van der Waals surface area contributed by atoms with Crippen molar-refractivity contribution in [3.8, 4) is 5.75 Å². The molecular weight excluding hydrogens is 462 g/mol. The maximum atomic E-state index is 13.1. The number of anilines is 1. The van der Waals surface area contributed by atoms with Crippen LogP contribution in [0.3, 0.4) is 0 Å². The highest BCUT2D eigenvalue weighted by Crippen LogP contribution is 2.56. The number of aliphatic hydroxyl groups is 1. The van der Waals surface area contributed by atoms with Crippen molar-refractivity contribution in [3.05, 3.63) is 63.7 Å². The molecule has 0 heterocycles. The van der Waals surface area contributed by atoms with Crippen LogP contribution in [0.15, 0.2) is 42.0 Å². The van der Waals surface area contributed by atoms with Gasteiger partial charge in [0.05, 0.1) is 13.7 Å². The van der Waals surface area contributed by atoms with Crippen LogP contribution in [0.2, 0.25) is 5.02 Å². The van der Waals surface area contributed by atoms with Crippen molar-refractivity contribution in [2.75, 3.05) is 25.6 Å². The molecule has 188 valence electrons. The van der Waals surface area contributed by atoms with Gasteiger partial charge in [-0.25, -0.2) is 4.79 Å². The van der Waals surface area contributed by atoms with Crippen molar-refractivity contribution in [2.24, 2.45) is 5.92 Å². The van der Waals surface area contributed by atoms with Crippen LogP contribution in [-0.4, -0.2) is 36.9 Å². The number of carbonyl (C=O) groups excluding carboxylic acids is 1. The third kappa shape index (κ3) is 4.81. The SMILES string of the molecule is CCOc1cc2c(cc1C)C=C(C[C@@H](C)CO)C21CCC(Nc2cccc(Cl)c2)(C(=O)OC)CC1. The Labute approximate surface area is 213 Å². The summed E-state index contributed by atoms with van der Waals surface area (Å²) in [5, 5.41) is 13.9. The Morgan fingerprint density at radius 1 is 1.20 bits per heavy atom. The lowest BCUT2D eigenvalue weighted by molar-refractivity contribution is -0.147. The van der Waals surface area contributed by atoms with Gasteiger partial charge in [-0.3, -0.25) is 0 Å². The van der Waals surface area contributed by atoms with Gasteiger partial charge in [0.25, 0.3) is 0 Å². The first-order chi connectivity index (χ1) is 16.8. The maximum absolute atomic E-state index is 13.1. The van der Waals surface area contributed by atoms with Gasteiger partial charge in [0.15, 0.2) is 0 Å². The average Bonchev–Trinajstić information content (AvgIpc) is 3.12. The van der Waals surface area contributed by atoms with Gasteiger partial charge in [-0.2, -0.15) is 0 Å². The van der Waals surface area contributed by atoms with Gasteiger partial charge in [-0.15, -0.1) is 0 Å². The lowest BCUT2D eigenvalue weighted by atomic mass is 9.61. The van der Waals surface area contributed by atoms with E-state index >= 15 is 0 Å². The van der Waals surface area contributed by atoms with Crippen LogP contribution in [0, 0.1) is 12.8 Å². The number of ether oxygens (including phenoxy) is 2. The number of benzene rings is 2. The van der Waals surface area contributed by atoms with E-state index in [0.29, 0.717) is 24.5 Å². The molecule has 4 rings (SSSR count). The first-order valence-electron chi connectivity index (χ1n) is 12.5. The summed E-state index contributed by atoms with van der Waals surface area (Å²) in [6, 6.07) is 11.9. The van der Waals surface area contributed by atoms with Gasteiger partial charge >= 0.3 is 5.97 Å². The molecule has 2 N–H and O–H groups in total. The predicted octanol–water partition coefficient (Wildman–Crippen LogP) is 6.30. The summed E-state index contributed by atoms with van der Waals surface area (Å²) in [7, 11) is 1.45. The monoisotopic (exact) mass is 497 g/mol. The van der Waals surface area contributed by atoms with Crippen LogP contribution in [0.25, 0.3) is 6.08 Å². The van der Waals surface area contributed by atoms with E-state index in [0.717, 1.165) is 36.3 Å². The van der Waals surface area contributed by atoms with E-state index in [1.807, 2.05) is 31.2 Å². The normalized spacial score (nSPS) is 24.0. The van der Waals surface area contributed by atoms with Crippen molar-refractivity contribution < 1.29 is 19.4 Å². The molecule has 2 aromatic carbocycles. The van der Waals surface area contributed by atoms with Gasteiger partial charge in [-0.1, -0.05) is 36.2 Å². The molecule has 35 heavy (non-hydrogen) atoms. The van der Waals surface area contributed by atoms with Crippen LogP contribution < -0.4 is 10.1 Å². The van der Waals surface area contributed by atoms with Crippen LogP contribution in [0.4, 0.5) is 5.69 Å². The number of carbonyl (C=O) groups is 1. The second-order valence-electron chi connectivity index (χ2n) is 10.1. The molecule has 1 fully saturated rings. The molecular formula is C29H36ClNO4. The van der Waals surface area contributed by atoms with E-state index < -0.39 is 5.54 Å². The van der Waals surface area contributed by atoms with Crippen LogP contribution in [0.1, 0.15) is 62.6 Å². The summed E-state index contributed by atoms with van der Waals surface area (Å²) < 4.78 is 11.2. The zero-order valence-corrected chi connectivity index (χ0v) is 21.9. The second-order valence-corrected chi connectivity index (χ2v) is 10.5. The number of aliphatic hydroxyl groups excluding tert-OH is 1. The number of hydrogen-bond acceptors (Lipinski definition) is 5. The number of allylic oxidation sites excluding steroid dienone is 1. The zero-order chi connectivity index (χ0) is 25.2. The highest BCUT2D eigenvalue weighted by Gasteiger charge is 2.52. The minimum Gasteiger partial charge on any atom is -0.494 e. The first kappa shape index (κ1) is 25.6. The summed E-state index contributed by atoms with van der Waals surface area (Å²) in [5.41, 5.74) is 4.75. The fourth-order valence-electron chi connectivity index (χ4n) is 5.86. The molecule has 0 unspecified atom stereocenters. The highest BCUT2D eigenvalue weighted by atomic mass is 35.5. The van der Waals surface area contributed by atoms with E-state index in [-0.39, 0.29) is 23.9 Å². The lowest BCUT2D eigenvalue weighted by Crippen LogP contribution is -2.52. The molecule has 0 bridgehead atoms. The smallest absolute Gasteiger partial charge is 0.331 e. The molecule has 1 atom stereocenters. The Morgan fingerprint density at radius 3 is 2.57 bits per heavy atom. The topological polar surface area (TPSA) is 67.8 Å². The number of aryl methyl sites for hydroxylation is 1. The van der Waals surface area contributed by atoms with Crippen LogP contribution in [-0.2, 0) is 14.9 Å². The largest absolute Gasteiger partial charge is 0.494 e. The summed E-state index contributed by atoms with van der Waals surface area (Å²) in [5.74, 6) is 0.827. The Morgan fingerprint density at radius 2 is 1.94 bits per heavy atom. The molecule has 2 aromatic rings. The van der Waals surface area contributed by atoms with Crippen LogP contribution >= 0.6 is 11.6 Å². The number of methoxy groups -OCH3 is 1. The molecule has 0 saturated heterocycles. The lowest BCUT2D eigenvalue weighted by Gasteiger charge is -2.46. The van der Waals surface area contributed by atoms with Crippen molar-refractivity contribution in [2.45, 2.75) is 63.8 Å². The first-order valence-corrected chi connectivity index (χ1v) is 12.9. The van der Waals surface area contributed by atoms with Gasteiger partial charge in [0.1, 0.15) is 11.3 Å². The van der Waals surface area contributed by atoms with Gasteiger partial charge in [-0.05, 0) is 98.9 Å². The maximum Gasteiger partial charge on any atom is 0.331 e. The quantitative estimate of drug-likeness (QED) is 0.419. The van der Waals surface area contributed by atoms with Gasteiger partial charge in [0, 0.05) is 22.7 Å². The Kier molecular flexibility index (Phi) is 7.48. The highest BCUT2D eigenvalue weighted by molar-refractivity contribution is 6.30. The molecule has 0 amide bonds. The summed E-state index contributed by atoms with van der Waals surface area (Å²) in [6.07, 6.45) is 5.95. The number of rotatable bonds is 8. The summed E-state index contributed by atoms with van der Waals surface area (Å²) in [4.78, 5) is 13.1. The predicted molar refractivity (Wildman–Crippen MR) is 141 cm³/mol. The molecule has 6 heteroatoms. The summed E-state index contributed by atoms with van der Waals surface area (Å²) >= 11 is 6.21. The minimum atomic E-state index is -0.825. The molecule has 1 saturated carbocycles. The Bertz CT molecular complexity index is 1120. The Hall–Kier alpha value is -2.50. The van der Waals surface area contributed by atoms with Gasteiger partial charge in [0.2, 0.25) is 0 Å². The van der Waals surface area contributed by atoms with Crippen molar-refractivity contribution in [1.82, 2.24) is 0 Å². The number of nitrogens with one attached hydrogen (secondary N) is 1. The minimum absolute atomic E-state index is 0.148. The molecule has 0 radical (unpaired) electrons. The molecule has 0 aromatic heterocycles. The molecule has 2 aliphatic rings. The molecule has 2 aliphatic carbocycles. The molecule has 0 aliphatic heterocycles. The number of hydrogen-bond donors (Lipinski definition) is 2. The average molecular weight is 498 g/mol. The van der Waals surface area contributed by atoms with E-state index in [2.05, 4.69) is 37.4 Å². The third-order valence-corrected chi connectivity index (χ3v) is 7.96. The standard InChI is InChI=1S/C29H36ClNO4/c1-5-35-26-17-25-21(14-20(26)3)15-22(13-19(2)18-32)28(25)9-11-29(12-10-28,27(33)34-4)31-24-8-6-7-23(30)16-24/h6-8,14-17,19,31-32H,5,9-13,18H2,1-4H3/t19-,28?,29?/m1/s1. The Balaban J connectivity index is 1.71. The van der Waals surface area contributed by atoms with Gasteiger partial charge < -0.3 is 19.9 Å².